The summed E-state index contributed by atoms with van der Waals surface area (Å²) in [7, 11) is 3.19. The summed E-state index contributed by atoms with van der Waals surface area (Å²) >= 11 is 0. The number of fused-ring (bicyclic) bond motifs is 1. The molecule has 1 saturated carbocycles. The normalized spacial score (nSPS) is 30.1. The van der Waals surface area contributed by atoms with E-state index in [9.17, 15) is 4.79 Å². The van der Waals surface area contributed by atoms with Crippen LogP contribution in [-0.4, -0.2) is 55.8 Å². The van der Waals surface area contributed by atoms with Crippen molar-refractivity contribution in [2.24, 2.45) is 5.41 Å². The molecule has 3 aliphatic rings. The van der Waals surface area contributed by atoms with Gasteiger partial charge in [0, 0.05) is 23.5 Å². The van der Waals surface area contributed by atoms with Gasteiger partial charge in [0.1, 0.15) is 0 Å². The average molecular weight is 451 g/mol. The fraction of sp³-hybridized carbons (Fsp3) is 0.519. The van der Waals surface area contributed by atoms with Crippen LogP contribution in [0.3, 0.4) is 0 Å². The molecular weight excluding hydrogens is 416 g/mol. The lowest BCUT2D eigenvalue weighted by atomic mass is 9.64. The van der Waals surface area contributed by atoms with Gasteiger partial charge in [0.2, 0.25) is 5.75 Å². The molecule has 1 amide bonds. The Morgan fingerprint density at radius 3 is 2.48 bits per heavy atom. The van der Waals surface area contributed by atoms with E-state index in [1.54, 1.807) is 14.2 Å². The summed E-state index contributed by atoms with van der Waals surface area (Å²) in [5.41, 5.74) is 1.38. The van der Waals surface area contributed by atoms with Gasteiger partial charge in [-0.3, -0.25) is 4.79 Å². The van der Waals surface area contributed by atoms with Crippen LogP contribution in [0.2, 0.25) is 0 Å². The third kappa shape index (κ3) is 3.84. The highest BCUT2D eigenvalue weighted by molar-refractivity contribution is 5.79. The molecule has 2 saturated heterocycles. The maximum atomic E-state index is 13.8. The van der Waals surface area contributed by atoms with Crippen LogP contribution >= 0.6 is 0 Å². The Kier molecular flexibility index (Phi) is 5.95. The Labute approximate surface area is 196 Å². The van der Waals surface area contributed by atoms with Gasteiger partial charge >= 0.3 is 0 Å². The van der Waals surface area contributed by atoms with Gasteiger partial charge in [0.25, 0.3) is 5.91 Å². The standard InChI is InChI=1S/C27H34N2O4/c1-27-16-19-20(15-18-9-5-4-6-10-18)29(24(27)14-8-13-23(27)28-19)25(30)17-33-26-21(31-2)11-7-12-22(26)32-3/h4-7,9-12,19-20,23-24,28H,8,13-17H2,1-3H3/t19-,20-,23-,24+,27-/m0/s1. The van der Waals surface area contributed by atoms with Gasteiger partial charge in [0.05, 0.1) is 20.3 Å². The zero-order valence-corrected chi connectivity index (χ0v) is 19.8. The molecule has 2 heterocycles. The van der Waals surface area contributed by atoms with E-state index in [2.05, 4.69) is 41.4 Å². The smallest absolute Gasteiger partial charge is 0.261 e. The molecular formula is C27H34N2O4. The van der Waals surface area contributed by atoms with Crippen LogP contribution in [0.4, 0.5) is 0 Å². The lowest BCUT2D eigenvalue weighted by Crippen LogP contribution is -2.63. The number of hydrogen-bond acceptors (Lipinski definition) is 5. The number of carbonyl (C=O) groups excluding carboxylic acids is 1. The molecule has 5 rings (SSSR count). The van der Waals surface area contributed by atoms with Crippen LogP contribution in [0.1, 0.15) is 38.2 Å². The third-order valence-electron chi connectivity index (χ3n) is 8.06. The van der Waals surface area contributed by atoms with Crippen LogP contribution in [-0.2, 0) is 11.2 Å². The molecule has 0 aromatic heterocycles. The van der Waals surface area contributed by atoms with Crippen LogP contribution in [0, 0.1) is 5.41 Å². The van der Waals surface area contributed by atoms with E-state index in [0.29, 0.717) is 29.3 Å². The number of nitrogens with one attached hydrogen (secondary N) is 1. The number of para-hydroxylation sites is 1. The van der Waals surface area contributed by atoms with Crippen LogP contribution in [0.25, 0.3) is 0 Å². The summed E-state index contributed by atoms with van der Waals surface area (Å²) in [6, 6.07) is 17.1. The molecule has 2 aromatic rings. The first kappa shape index (κ1) is 22.1. The van der Waals surface area contributed by atoms with Crippen molar-refractivity contribution >= 4 is 5.91 Å². The van der Waals surface area contributed by atoms with Crippen LogP contribution in [0.15, 0.2) is 48.5 Å². The van der Waals surface area contributed by atoms with E-state index < -0.39 is 0 Å². The quantitative estimate of drug-likeness (QED) is 0.695. The number of carbonyl (C=O) groups is 1. The van der Waals surface area contributed by atoms with Gasteiger partial charge in [-0.1, -0.05) is 43.3 Å². The molecule has 3 fully saturated rings. The van der Waals surface area contributed by atoms with Gasteiger partial charge in [-0.15, -0.1) is 0 Å². The highest BCUT2D eigenvalue weighted by Gasteiger charge is 2.60. The number of piperidine rings is 1. The van der Waals surface area contributed by atoms with Crippen molar-refractivity contribution in [3.05, 3.63) is 54.1 Å². The number of likely N-dealkylation sites (tertiary alicyclic amines) is 1. The van der Waals surface area contributed by atoms with Crippen molar-refractivity contribution in [1.82, 2.24) is 10.2 Å². The zero-order valence-electron chi connectivity index (χ0n) is 19.8. The number of benzene rings is 2. The van der Waals surface area contributed by atoms with Crippen molar-refractivity contribution in [3.63, 3.8) is 0 Å². The molecule has 6 nitrogen and oxygen atoms in total. The summed E-state index contributed by atoms with van der Waals surface area (Å²) in [4.78, 5) is 16.0. The summed E-state index contributed by atoms with van der Waals surface area (Å²) in [6.45, 7) is 2.34. The van der Waals surface area contributed by atoms with E-state index in [0.717, 1.165) is 25.7 Å². The molecule has 33 heavy (non-hydrogen) atoms. The molecule has 2 aromatic carbocycles. The summed E-state index contributed by atoms with van der Waals surface area (Å²) in [5, 5.41) is 3.92. The fourth-order valence-corrected chi connectivity index (χ4v) is 6.50. The monoisotopic (exact) mass is 450 g/mol. The zero-order chi connectivity index (χ0) is 23.0. The first-order chi connectivity index (χ1) is 16.0. The Balaban J connectivity index is 1.43. The number of hydrogen-bond donors (Lipinski definition) is 1. The lowest BCUT2D eigenvalue weighted by molar-refractivity contribution is -0.147. The Morgan fingerprint density at radius 1 is 1.06 bits per heavy atom. The van der Waals surface area contributed by atoms with Crippen molar-refractivity contribution in [1.29, 1.82) is 0 Å². The lowest BCUT2D eigenvalue weighted by Gasteiger charge is -2.53. The number of ether oxygens (including phenoxy) is 3. The van der Waals surface area contributed by atoms with Crippen LogP contribution in [0.5, 0.6) is 17.2 Å². The van der Waals surface area contributed by atoms with E-state index in [1.807, 2.05) is 24.3 Å². The van der Waals surface area contributed by atoms with E-state index in [-0.39, 0.29) is 30.0 Å². The molecule has 0 radical (unpaired) electrons. The predicted octanol–water partition coefficient (Wildman–Crippen LogP) is 3.83. The second-order valence-electron chi connectivity index (χ2n) is 9.82. The third-order valence-corrected chi connectivity index (χ3v) is 8.06. The SMILES string of the molecule is COc1cccc(OC)c1OCC(=O)N1[C@@H](Cc2ccccc2)[C@@H]2C[C@@]3(C)[C@H](CCC[C@@H]13)N2. The number of nitrogens with zero attached hydrogens (tertiary/aromatic N) is 1. The van der Waals surface area contributed by atoms with Crippen molar-refractivity contribution in [2.45, 2.75) is 63.2 Å². The van der Waals surface area contributed by atoms with Gasteiger partial charge in [-0.05, 0) is 49.8 Å². The number of methoxy groups -OCH3 is 2. The minimum Gasteiger partial charge on any atom is -0.493 e. The fourth-order valence-electron chi connectivity index (χ4n) is 6.50. The van der Waals surface area contributed by atoms with Gasteiger partial charge in [-0.25, -0.2) is 0 Å². The van der Waals surface area contributed by atoms with E-state index in [4.69, 9.17) is 14.2 Å². The Morgan fingerprint density at radius 2 is 1.79 bits per heavy atom. The first-order valence-electron chi connectivity index (χ1n) is 12.0. The van der Waals surface area contributed by atoms with Crippen molar-refractivity contribution in [2.75, 3.05) is 20.8 Å². The topological polar surface area (TPSA) is 60.0 Å². The molecule has 6 heteroatoms. The van der Waals surface area contributed by atoms with Gasteiger partial charge < -0.3 is 24.4 Å². The highest BCUT2D eigenvalue weighted by Crippen LogP contribution is 2.52. The molecule has 5 atom stereocenters. The average Bonchev–Trinajstić information content (AvgIpc) is 3.19. The second-order valence-corrected chi connectivity index (χ2v) is 9.82. The second kappa shape index (κ2) is 8.90. The molecule has 1 aliphatic carbocycles. The minimum atomic E-state index is -0.0357. The van der Waals surface area contributed by atoms with E-state index >= 15 is 0 Å². The Bertz CT molecular complexity index is 975. The largest absolute Gasteiger partial charge is 0.493 e. The minimum absolute atomic E-state index is 0.0357. The maximum Gasteiger partial charge on any atom is 0.261 e. The molecule has 1 N–H and O–H groups in total. The molecule has 2 aliphatic heterocycles. The van der Waals surface area contributed by atoms with Crippen molar-refractivity contribution < 1.29 is 19.0 Å². The first-order valence-corrected chi connectivity index (χ1v) is 12.0. The Hall–Kier alpha value is -2.73. The molecule has 176 valence electrons. The summed E-state index contributed by atoms with van der Waals surface area (Å²) in [6.07, 6.45) is 5.37. The van der Waals surface area contributed by atoms with E-state index in [1.165, 1.54) is 12.0 Å². The van der Waals surface area contributed by atoms with Gasteiger partial charge in [-0.2, -0.15) is 0 Å². The molecule has 2 bridgehead atoms. The summed E-state index contributed by atoms with van der Waals surface area (Å²) in [5.74, 6) is 1.64. The summed E-state index contributed by atoms with van der Waals surface area (Å²) < 4.78 is 17.0. The number of amides is 1. The maximum absolute atomic E-state index is 13.8. The molecule has 0 spiro atoms. The number of rotatable bonds is 7. The predicted molar refractivity (Wildman–Crippen MR) is 127 cm³/mol. The van der Waals surface area contributed by atoms with Crippen LogP contribution < -0.4 is 19.5 Å². The van der Waals surface area contributed by atoms with Crippen molar-refractivity contribution in [3.8, 4) is 17.2 Å². The highest BCUT2D eigenvalue weighted by atomic mass is 16.5. The van der Waals surface area contributed by atoms with Gasteiger partial charge in [0.15, 0.2) is 18.1 Å². The molecule has 0 unspecified atom stereocenters.